The van der Waals surface area contributed by atoms with Gasteiger partial charge in [-0.3, -0.25) is 0 Å². The van der Waals surface area contributed by atoms with E-state index in [2.05, 4.69) is 10.1 Å². The number of phenols is 2. The molecule has 0 radical (unpaired) electrons. The van der Waals surface area contributed by atoms with Crippen molar-refractivity contribution in [1.82, 2.24) is 10.1 Å². The number of hydrogen-bond donors (Lipinski definition) is 2. The third-order valence-corrected chi connectivity index (χ3v) is 3.09. The van der Waals surface area contributed by atoms with Gasteiger partial charge in [0.2, 0.25) is 5.82 Å². The lowest BCUT2D eigenvalue weighted by Gasteiger charge is -2.00. The van der Waals surface area contributed by atoms with E-state index in [0.717, 1.165) is 5.56 Å². The maximum absolute atomic E-state index is 13.3. The molecule has 0 unspecified atom stereocenters. The van der Waals surface area contributed by atoms with Gasteiger partial charge in [-0.15, -0.1) is 0 Å². The summed E-state index contributed by atoms with van der Waals surface area (Å²) >= 11 is 0. The molecule has 1 aromatic heterocycles. The van der Waals surface area contributed by atoms with Crippen molar-refractivity contribution in [2.45, 2.75) is 6.92 Å². The van der Waals surface area contributed by atoms with Gasteiger partial charge >= 0.3 is 0 Å². The van der Waals surface area contributed by atoms with Crippen molar-refractivity contribution in [3.8, 4) is 34.3 Å². The highest BCUT2D eigenvalue weighted by molar-refractivity contribution is 5.64. The number of phenolic OH excluding ortho intramolecular Hbond substituents is 2. The van der Waals surface area contributed by atoms with Gasteiger partial charge in [0, 0.05) is 11.1 Å². The topological polar surface area (TPSA) is 79.4 Å². The van der Waals surface area contributed by atoms with Gasteiger partial charge in [0.1, 0.15) is 5.82 Å². The van der Waals surface area contributed by atoms with Gasteiger partial charge in [-0.1, -0.05) is 11.2 Å². The van der Waals surface area contributed by atoms with Crippen molar-refractivity contribution in [2.24, 2.45) is 0 Å². The monoisotopic (exact) mass is 286 g/mol. The Kier molecular flexibility index (Phi) is 3.06. The number of nitrogens with zero attached hydrogens (tertiary/aromatic N) is 2. The Labute approximate surface area is 119 Å². The van der Waals surface area contributed by atoms with Crippen LogP contribution >= 0.6 is 0 Å². The fraction of sp³-hybridized carbons (Fsp3) is 0.0667. The molecule has 5 nitrogen and oxygen atoms in total. The first-order valence-corrected chi connectivity index (χ1v) is 6.17. The fourth-order valence-electron chi connectivity index (χ4n) is 1.94. The molecule has 3 rings (SSSR count). The van der Waals surface area contributed by atoms with Gasteiger partial charge in [-0.05, 0) is 42.8 Å². The first kappa shape index (κ1) is 13.1. The minimum atomic E-state index is -0.385. The number of benzene rings is 2. The molecule has 2 aromatic carbocycles. The Bertz CT molecular complexity index is 814. The second kappa shape index (κ2) is 4.90. The van der Waals surface area contributed by atoms with Crippen LogP contribution in [-0.2, 0) is 0 Å². The number of aromatic nitrogens is 2. The minimum Gasteiger partial charge on any atom is -0.504 e. The van der Waals surface area contributed by atoms with E-state index >= 15 is 0 Å². The molecule has 0 bridgehead atoms. The Balaban J connectivity index is 2.03. The van der Waals surface area contributed by atoms with Crippen molar-refractivity contribution < 1.29 is 19.1 Å². The van der Waals surface area contributed by atoms with Gasteiger partial charge in [-0.25, -0.2) is 4.39 Å². The second-order valence-electron chi connectivity index (χ2n) is 4.59. The predicted octanol–water partition coefficient (Wildman–Crippen LogP) is 3.26. The molecular weight excluding hydrogens is 275 g/mol. The Morgan fingerprint density at radius 3 is 2.62 bits per heavy atom. The van der Waals surface area contributed by atoms with E-state index in [9.17, 15) is 14.6 Å². The van der Waals surface area contributed by atoms with E-state index < -0.39 is 0 Å². The summed E-state index contributed by atoms with van der Waals surface area (Å²) in [6.45, 7) is 1.82. The van der Waals surface area contributed by atoms with Crippen LogP contribution in [0.2, 0.25) is 0 Å². The SMILES string of the molecule is Cc1ccc(F)cc1-c1noc(-c2ccc(O)c(O)c2)n1. The number of hydrogen-bond acceptors (Lipinski definition) is 5. The standard InChI is InChI=1S/C15H11FN2O3/c1-8-2-4-10(16)7-11(8)14-17-15(21-18-14)9-3-5-12(19)13(20)6-9/h2-7,19-20H,1H3. The lowest BCUT2D eigenvalue weighted by molar-refractivity contribution is 0.402. The van der Waals surface area contributed by atoms with E-state index in [4.69, 9.17) is 4.52 Å². The molecule has 106 valence electrons. The summed E-state index contributed by atoms with van der Waals surface area (Å²) in [6, 6.07) is 8.49. The molecular formula is C15H11FN2O3. The second-order valence-corrected chi connectivity index (χ2v) is 4.59. The Morgan fingerprint density at radius 1 is 1.05 bits per heavy atom. The molecule has 3 aromatic rings. The molecule has 2 N–H and O–H groups in total. The molecule has 0 saturated heterocycles. The van der Waals surface area contributed by atoms with Crippen molar-refractivity contribution in [2.75, 3.05) is 0 Å². The maximum Gasteiger partial charge on any atom is 0.258 e. The maximum atomic E-state index is 13.3. The highest BCUT2D eigenvalue weighted by atomic mass is 19.1. The summed E-state index contributed by atoms with van der Waals surface area (Å²) in [5, 5.41) is 22.6. The smallest absolute Gasteiger partial charge is 0.258 e. The van der Waals surface area contributed by atoms with E-state index in [1.165, 1.54) is 30.3 Å². The molecule has 0 aliphatic heterocycles. The summed E-state index contributed by atoms with van der Waals surface area (Å²) in [4.78, 5) is 4.19. The van der Waals surface area contributed by atoms with Crippen LogP contribution in [0.25, 0.3) is 22.8 Å². The average Bonchev–Trinajstić information content (AvgIpc) is 2.94. The number of aryl methyl sites for hydroxylation is 1. The van der Waals surface area contributed by atoms with E-state index in [1.807, 2.05) is 6.92 Å². The average molecular weight is 286 g/mol. The zero-order valence-electron chi connectivity index (χ0n) is 11.0. The van der Waals surface area contributed by atoms with Crippen molar-refractivity contribution in [3.63, 3.8) is 0 Å². The van der Waals surface area contributed by atoms with Crippen molar-refractivity contribution in [1.29, 1.82) is 0 Å². The van der Waals surface area contributed by atoms with E-state index in [-0.39, 0.29) is 29.0 Å². The van der Waals surface area contributed by atoms with Gasteiger partial charge in [0.05, 0.1) is 0 Å². The van der Waals surface area contributed by atoms with Crippen LogP contribution in [0.1, 0.15) is 5.56 Å². The van der Waals surface area contributed by atoms with Crippen LogP contribution in [-0.4, -0.2) is 20.4 Å². The zero-order valence-corrected chi connectivity index (χ0v) is 11.0. The highest BCUT2D eigenvalue weighted by Gasteiger charge is 2.14. The summed E-state index contributed by atoms with van der Waals surface area (Å²) in [6.07, 6.45) is 0. The quantitative estimate of drug-likeness (QED) is 0.707. The first-order valence-electron chi connectivity index (χ1n) is 6.17. The highest BCUT2D eigenvalue weighted by Crippen LogP contribution is 2.31. The van der Waals surface area contributed by atoms with Crippen LogP contribution in [0.3, 0.4) is 0 Å². The third kappa shape index (κ3) is 2.43. The Morgan fingerprint density at radius 2 is 1.86 bits per heavy atom. The molecule has 21 heavy (non-hydrogen) atoms. The molecule has 1 heterocycles. The number of halogens is 1. The molecule has 0 aliphatic carbocycles. The molecule has 0 fully saturated rings. The largest absolute Gasteiger partial charge is 0.504 e. The van der Waals surface area contributed by atoms with Crippen LogP contribution < -0.4 is 0 Å². The summed E-state index contributed by atoms with van der Waals surface area (Å²) in [7, 11) is 0. The van der Waals surface area contributed by atoms with Gasteiger partial charge in [0.15, 0.2) is 11.5 Å². The summed E-state index contributed by atoms with van der Waals surface area (Å²) < 4.78 is 18.4. The van der Waals surface area contributed by atoms with Crippen LogP contribution in [0.15, 0.2) is 40.9 Å². The first-order chi connectivity index (χ1) is 10.0. The van der Waals surface area contributed by atoms with Gasteiger partial charge in [-0.2, -0.15) is 4.98 Å². The number of rotatable bonds is 2. The molecule has 0 aliphatic rings. The van der Waals surface area contributed by atoms with Crippen molar-refractivity contribution >= 4 is 0 Å². The minimum absolute atomic E-state index is 0.170. The summed E-state index contributed by atoms with van der Waals surface area (Å²) in [5.41, 5.74) is 1.81. The van der Waals surface area contributed by atoms with Crippen molar-refractivity contribution in [3.05, 3.63) is 47.8 Å². The summed E-state index contributed by atoms with van der Waals surface area (Å²) in [5.74, 6) is -0.476. The normalized spacial score (nSPS) is 10.8. The zero-order chi connectivity index (χ0) is 15.0. The molecule has 0 saturated carbocycles. The molecule has 0 atom stereocenters. The van der Waals surface area contributed by atoms with Crippen LogP contribution in [0.5, 0.6) is 11.5 Å². The number of aromatic hydroxyl groups is 2. The Hall–Kier alpha value is -2.89. The van der Waals surface area contributed by atoms with Gasteiger partial charge < -0.3 is 14.7 Å². The lowest BCUT2D eigenvalue weighted by Crippen LogP contribution is -1.87. The predicted molar refractivity (Wildman–Crippen MR) is 73.2 cm³/mol. The molecule has 0 amide bonds. The van der Waals surface area contributed by atoms with Crippen LogP contribution in [0, 0.1) is 12.7 Å². The molecule has 6 heteroatoms. The lowest BCUT2D eigenvalue weighted by atomic mass is 10.1. The third-order valence-electron chi connectivity index (χ3n) is 3.09. The van der Waals surface area contributed by atoms with E-state index in [1.54, 1.807) is 6.07 Å². The van der Waals surface area contributed by atoms with Crippen LogP contribution in [0.4, 0.5) is 4.39 Å². The fourth-order valence-corrected chi connectivity index (χ4v) is 1.94. The van der Waals surface area contributed by atoms with E-state index in [0.29, 0.717) is 11.1 Å². The van der Waals surface area contributed by atoms with Gasteiger partial charge in [0.25, 0.3) is 5.89 Å². The molecule has 0 spiro atoms.